The van der Waals surface area contributed by atoms with Crippen LogP contribution in [0, 0.1) is 0 Å². The van der Waals surface area contributed by atoms with E-state index in [1.807, 2.05) is 0 Å². The Morgan fingerprint density at radius 1 is 1.35 bits per heavy atom. The topological polar surface area (TPSA) is 29.5 Å². The second kappa shape index (κ2) is 5.21. The minimum Gasteiger partial charge on any atom is -0.453 e. The molecule has 0 N–H and O–H groups in total. The van der Waals surface area contributed by atoms with Gasteiger partial charge in [-0.1, -0.05) is 18.2 Å². The monoisotopic (exact) mass is 233 g/mol. The summed E-state index contributed by atoms with van der Waals surface area (Å²) >= 11 is 0. The molecule has 0 heterocycles. The molecule has 0 saturated carbocycles. The second-order valence-electron chi connectivity index (χ2n) is 4.60. The Kier molecular flexibility index (Phi) is 3.67. The Morgan fingerprint density at radius 2 is 2.12 bits per heavy atom. The average molecular weight is 233 g/mol. The lowest BCUT2D eigenvalue weighted by atomic mass is 10.0. The highest BCUT2D eigenvalue weighted by Crippen LogP contribution is 2.22. The van der Waals surface area contributed by atoms with Gasteiger partial charge >= 0.3 is 6.09 Å². The summed E-state index contributed by atoms with van der Waals surface area (Å²) < 4.78 is 4.66. The predicted octanol–water partition coefficient (Wildman–Crippen LogP) is 2.42. The van der Waals surface area contributed by atoms with Crippen LogP contribution in [0.5, 0.6) is 0 Å². The summed E-state index contributed by atoms with van der Waals surface area (Å²) in [6.07, 6.45) is 4.32. The van der Waals surface area contributed by atoms with Crippen LogP contribution in [-0.2, 0) is 24.0 Å². The molecule has 1 aliphatic rings. The first kappa shape index (κ1) is 12.0. The third-order valence-corrected chi connectivity index (χ3v) is 3.39. The van der Waals surface area contributed by atoms with Gasteiger partial charge in [0.05, 0.1) is 7.11 Å². The van der Waals surface area contributed by atoms with E-state index in [2.05, 4.69) is 22.9 Å². The number of nitrogens with zero attached hydrogens (tertiary/aromatic N) is 1. The minimum absolute atomic E-state index is 0.272. The maximum absolute atomic E-state index is 11.2. The van der Waals surface area contributed by atoms with Crippen LogP contribution in [0.1, 0.15) is 23.1 Å². The van der Waals surface area contributed by atoms with Gasteiger partial charge in [-0.25, -0.2) is 4.79 Å². The summed E-state index contributed by atoms with van der Waals surface area (Å²) in [5, 5.41) is 0. The molecule has 0 unspecified atom stereocenters. The molecule has 1 aromatic carbocycles. The molecule has 3 nitrogen and oxygen atoms in total. The van der Waals surface area contributed by atoms with Gasteiger partial charge in [0.25, 0.3) is 0 Å². The molecule has 0 radical (unpaired) electrons. The Balaban J connectivity index is 1.93. The highest BCUT2D eigenvalue weighted by atomic mass is 16.5. The van der Waals surface area contributed by atoms with Crippen LogP contribution in [-0.4, -0.2) is 31.7 Å². The maximum Gasteiger partial charge on any atom is 0.409 e. The number of carbonyl (C=O) groups is 1. The fraction of sp³-hybridized carbons (Fsp3) is 0.500. The van der Waals surface area contributed by atoms with E-state index in [9.17, 15) is 4.79 Å². The second-order valence-corrected chi connectivity index (χ2v) is 4.60. The van der Waals surface area contributed by atoms with Crippen LogP contribution >= 0.6 is 0 Å². The minimum atomic E-state index is -0.272. The van der Waals surface area contributed by atoms with Crippen molar-refractivity contribution in [1.82, 2.24) is 4.90 Å². The fourth-order valence-electron chi connectivity index (χ4n) is 2.32. The first-order valence-electron chi connectivity index (χ1n) is 6.10. The zero-order chi connectivity index (χ0) is 12.3. The SMILES string of the molecule is COC(=O)N(C)CCc1ccc2c(c1)CCC2. The number of ether oxygens (including phenoxy) is 1. The van der Waals surface area contributed by atoms with E-state index in [0.29, 0.717) is 6.54 Å². The largest absolute Gasteiger partial charge is 0.453 e. The maximum atomic E-state index is 11.2. The van der Waals surface area contributed by atoms with E-state index >= 15 is 0 Å². The van der Waals surface area contributed by atoms with Crippen LogP contribution in [0.3, 0.4) is 0 Å². The fourth-order valence-corrected chi connectivity index (χ4v) is 2.32. The molecular formula is C14H19NO2. The van der Waals surface area contributed by atoms with Crippen LogP contribution in [0.15, 0.2) is 18.2 Å². The van der Waals surface area contributed by atoms with Crippen molar-refractivity contribution in [3.63, 3.8) is 0 Å². The first-order chi connectivity index (χ1) is 8.20. The van der Waals surface area contributed by atoms with Crippen molar-refractivity contribution in [3.8, 4) is 0 Å². The van der Waals surface area contributed by atoms with Crippen molar-refractivity contribution in [2.45, 2.75) is 25.7 Å². The summed E-state index contributed by atoms with van der Waals surface area (Å²) in [6.45, 7) is 0.700. The molecule has 2 rings (SSSR count). The van der Waals surface area contributed by atoms with Crippen LogP contribution in [0.25, 0.3) is 0 Å². The van der Waals surface area contributed by atoms with Crippen molar-refractivity contribution in [2.75, 3.05) is 20.7 Å². The predicted molar refractivity (Wildman–Crippen MR) is 67.2 cm³/mol. The van der Waals surface area contributed by atoms with Gasteiger partial charge in [-0.3, -0.25) is 0 Å². The molecule has 92 valence electrons. The van der Waals surface area contributed by atoms with Crippen molar-refractivity contribution < 1.29 is 9.53 Å². The lowest BCUT2D eigenvalue weighted by Crippen LogP contribution is -2.28. The van der Waals surface area contributed by atoms with Gasteiger partial charge in [0.1, 0.15) is 0 Å². The quantitative estimate of drug-likeness (QED) is 0.802. The number of amides is 1. The lowest BCUT2D eigenvalue weighted by molar-refractivity contribution is 0.134. The number of carbonyl (C=O) groups excluding carboxylic acids is 1. The van der Waals surface area contributed by atoms with Crippen LogP contribution in [0.2, 0.25) is 0 Å². The number of aryl methyl sites for hydroxylation is 2. The van der Waals surface area contributed by atoms with Crippen molar-refractivity contribution in [2.24, 2.45) is 0 Å². The smallest absolute Gasteiger partial charge is 0.409 e. The average Bonchev–Trinajstić information content (AvgIpc) is 2.82. The summed E-state index contributed by atoms with van der Waals surface area (Å²) in [7, 11) is 3.17. The zero-order valence-corrected chi connectivity index (χ0v) is 10.5. The molecule has 0 saturated heterocycles. The van der Waals surface area contributed by atoms with E-state index in [0.717, 1.165) is 6.42 Å². The number of hydrogen-bond donors (Lipinski definition) is 0. The highest BCUT2D eigenvalue weighted by Gasteiger charge is 2.12. The van der Waals surface area contributed by atoms with E-state index in [1.54, 1.807) is 11.9 Å². The van der Waals surface area contributed by atoms with Gasteiger partial charge in [0.15, 0.2) is 0 Å². The van der Waals surface area contributed by atoms with E-state index in [4.69, 9.17) is 0 Å². The number of benzene rings is 1. The van der Waals surface area contributed by atoms with Gasteiger partial charge in [0, 0.05) is 13.6 Å². The summed E-state index contributed by atoms with van der Waals surface area (Å²) in [5.74, 6) is 0. The normalized spacial score (nSPS) is 13.3. The van der Waals surface area contributed by atoms with E-state index < -0.39 is 0 Å². The molecule has 1 aliphatic carbocycles. The summed E-state index contributed by atoms with van der Waals surface area (Å²) in [4.78, 5) is 12.8. The molecule has 17 heavy (non-hydrogen) atoms. The zero-order valence-electron chi connectivity index (χ0n) is 10.5. The van der Waals surface area contributed by atoms with Gasteiger partial charge in [-0.2, -0.15) is 0 Å². The third-order valence-electron chi connectivity index (χ3n) is 3.39. The first-order valence-corrected chi connectivity index (χ1v) is 6.10. The lowest BCUT2D eigenvalue weighted by Gasteiger charge is -2.15. The summed E-state index contributed by atoms with van der Waals surface area (Å²) in [5.41, 5.74) is 4.29. The Morgan fingerprint density at radius 3 is 2.88 bits per heavy atom. The molecule has 0 fully saturated rings. The van der Waals surface area contributed by atoms with Gasteiger partial charge < -0.3 is 9.64 Å². The molecular weight excluding hydrogens is 214 g/mol. The number of likely N-dealkylation sites (N-methyl/N-ethyl adjacent to an activating group) is 1. The van der Waals surface area contributed by atoms with Crippen molar-refractivity contribution in [3.05, 3.63) is 34.9 Å². The number of rotatable bonds is 3. The van der Waals surface area contributed by atoms with Crippen LogP contribution in [0.4, 0.5) is 4.79 Å². The Hall–Kier alpha value is -1.51. The van der Waals surface area contributed by atoms with Gasteiger partial charge in [0.2, 0.25) is 0 Å². The Labute approximate surface area is 102 Å². The molecule has 0 aromatic heterocycles. The Bertz CT molecular complexity index is 415. The molecule has 0 bridgehead atoms. The van der Waals surface area contributed by atoms with Crippen molar-refractivity contribution in [1.29, 1.82) is 0 Å². The standard InChI is InChI=1S/C14H19NO2/c1-15(14(16)17-2)9-8-11-6-7-12-4-3-5-13(12)10-11/h6-7,10H,3-5,8-9H2,1-2H3. The van der Waals surface area contributed by atoms with Gasteiger partial charge in [-0.15, -0.1) is 0 Å². The molecule has 0 aliphatic heterocycles. The molecule has 3 heteroatoms. The molecule has 0 spiro atoms. The molecule has 1 aromatic rings. The summed E-state index contributed by atoms with van der Waals surface area (Å²) in [6, 6.07) is 6.69. The number of fused-ring (bicyclic) bond motifs is 1. The number of methoxy groups -OCH3 is 1. The molecule has 0 atom stereocenters. The number of hydrogen-bond acceptors (Lipinski definition) is 2. The van der Waals surface area contributed by atoms with Crippen LogP contribution < -0.4 is 0 Å². The van der Waals surface area contributed by atoms with E-state index in [1.165, 1.54) is 43.1 Å². The van der Waals surface area contributed by atoms with Gasteiger partial charge in [-0.05, 0) is 42.4 Å². The van der Waals surface area contributed by atoms with E-state index in [-0.39, 0.29) is 6.09 Å². The molecule has 1 amide bonds. The third kappa shape index (κ3) is 2.78. The van der Waals surface area contributed by atoms with Crippen molar-refractivity contribution >= 4 is 6.09 Å². The highest BCUT2D eigenvalue weighted by molar-refractivity contribution is 5.66.